The second kappa shape index (κ2) is 17.4. The molecule has 0 spiro atoms. The van der Waals surface area contributed by atoms with E-state index in [1.807, 2.05) is 36.4 Å². The van der Waals surface area contributed by atoms with Gasteiger partial charge in [0.2, 0.25) is 11.4 Å². The lowest BCUT2D eigenvalue weighted by molar-refractivity contribution is -0.445. The van der Waals surface area contributed by atoms with Gasteiger partial charge in [0.15, 0.2) is 18.0 Å². The lowest BCUT2D eigenvalue weighted by Gasteiger charge is -2.42. The first-order valence-electron chi connectivity index (χ1n) is 25.5. The number of likely N-dealkylation sites (N-methyl/N-ethyl adjacent to an activating group) is 1. The van der Waals surface area contributed by atoms with Gasteiger partial charge in [0.25, 0.3) is 16.0 Å². The van der Waals surface area contributed by atoms with Gasteiger partial charge in [-0.25, -0.2) is 0 Å². The molecule has 0 bridgehead atoms. The van der Waals surface area contributed by atoms with E-state index in [1.165, 1.54) is 34.2 Å². The summed E-state index contributed by atoms with van der Waals surface area (Å²) in [6.07, 6.45) is 14.3. The molecule has 384 valence electrons. The molecule has 13 nitrogen and oxygen atoms in total. The zero-order valence-corrected chi connectivity index (χ0v) is 45.4. The van der Waals surface area contributed by atoms with Crippen LogP contribution in [0.2, 0.25) is 0 Å². The Balaban J connectivity index is 0.791. The van der Waals surface area contributed by atoms with Crippen LogP contribution < -0.4 is 19.3 Å². The summed E-state index contributed by atoms with van der Waals surface area (Å²) in [5, 5.41) is 3.24. The number of hydrogen-bond donors (Lipinski definition) is 3. The number of nitrogens with one attached hydrogen (secondary N) is 1. The molecule has 0 fully saturated rings. The molecule has 0 aromatic heterocycles. The SMILES string of the molecule is CCN1/C(=C/C=C/C=C/C2=[N+](C)c3ccc(CNC(=O)c4ccc5c(c4)C(C)(C)C4=C6C=C7C8=[N+](CCC7OC6CCN45)c4ccc(OS(=O)O)cc4C8(C)C)cc3C2(C)C)C(C)(C)c2cc(S(=O)(=O)O)ccc21. The highest BCUT2D eigenvalue weighted by Crippen LogP contribution is 2.55. The van der Waals surface area contributed by atoms with E-state index in [2.05, 4.69) is 142 Å². The fourth-order valence-electron chi connectivity index (χ4n) is 13.3. The largest absolute Gasteiger partial charge is 0.380 e. The van der Waals surface area contributed by atoms with Crippen molar-refractivity contribution in [3.8, 4) is 5.75 Å². The molecule has 3 unspecified atom stereocenters. The van der Waals surface area contributed by atoms with Gasteiger partial charge in [-0.3, -0.25) is 13.9 Å². The third-order valence-corrected chi connectivity index (χ3v) is 18.1. The Hall–Kier alpha value is -6.23. The smallest absolute Gasteiger partial charge is 0.357 e. The minimum absolute atomic E-state index is 0.0358. The zero-order valence-electron chi connectivity index (χ0n) is 43.7. The van der Waals surface area contributed by atoms with Gasteiger partial charge >= 0.3 is 11.4 Å². The van der Waals surface area contributed by atoms with Gasteiger partial charge in [-0.15, -0.1) is 0 Å². The van der Waals surface area contributed by atoms with Gasteiger partial charge in [0.1, 0.15) is 12.8 Å². The average molecular weight is 1040 g/mol. The quantitative estimate of drug-likeness (QED) is 0.0606. The molecule has 7 heterocycles. The minimum Gasteiger partial charge on any atom is -0.380 e. The lowest BCUT2D eigenvalue weighted by atomic mass is 9.74. The summed E-state index contributed by atoms with van der Waals surface area (Å²) in [6, 6.07) is 23.0. The number of amides is 1. The first-order chi connectivity index (χ1) is 34.9. The maximum atomic E-state index is 14.1. The Morgan fingerprint density at radius 2 is 1.57 bits per heavy atom. The summed E-state index contributed by atoms with van der Waals surface area (Å²) < 4.78 is 71.5. The molecule has 7 aliphatic rings. The number of hydrogen-bond acceptors (Lipinski definition) is 8. The first-order valence-corrected chi connectivity index (χ1v) is 28.0. The van der Waals surface area contributed by atoms with Crippen molar-refractivity contribution in [2.24, 2.45) is 0 Å². The van der Waals surface area contributed by atoms with Gasteiger partial charge in [-0.1, -0.05) is 52.0 Å². The third-order valence-electron chi connectivity index (χ3n) is 16.9. The Morgan fingerprint density at radius 3 is 2.31 bits per heavy atom. The third kappa shape index (κ3) is 7.74. The highest BCUT2D eigenvalue weighted by Gasteiger charge is 2.55. The summed E-state index contributed by atoms with van der Waals surface area (Å²) in [7, 11) is -2.24. The zero-order chi connectivity index (χ0) is 52.6. The number of benzene rings is 4. The number of rotatable bonds is 10. The number of carbonyl (C=O) groups excluding carboxylic acids is 1. The van der Waals surface area contributed by atoms with E-state index < -0.39 is 37.7 Å². The molecule has 3 N–H and O–H groups in total. The topological polar surface area (TPSA) is 152 Å². The maximum absolute atomic E-state index is 14.1. The van der Waals surface area contributed by atoms with Crippen LogP contribution in [-0.4, -0.2) is 87.1 Å². The van der Waals surface area contributed by atoms with E-state index in [0.29, 0.717) is 24.4 Å². The number of allylic oxidation sites excluding steroid dienone is 7. The Morgan fingerprint density at radius 1 is 0.838 bits per heavy atom. The number of anilines is 2. The first kappa shape index (κ1) is 50.0. The van der Waals surface area contributed by atoms with Crippen LogP contribution in [0.15, 0.2) is 137 Å². The number of carbonyl (C=O) groups is 1. The number of ether oxygens (including phenoxy) is 1. The Kier molecular flexibility index (Phi) is 11.8. The van der Waals surface area contributed by atoms with Crippen LogP contribution in [0.25, 0.3) is 0 Å². The monoisotopic (exact) mass is 1040 g/mol. The van der Waals surface area contributed by atoms with E-state index in [4.69, 9.17) is 8.92 Å². The lowest BCUT2D eigenvalue weighted by Crippen LogP contribution is -2.47. The van der Waals surface area contributed by atoms with Gasteiger partial charge in [0.05, 0.1) is 27.9 Å². The molecule has 11 rings (SSSR count). The van der Waals surface area contributed by atoms with Crippen LogP contribution >= 0.6 is 0 Å². The summed E-state index contributed by atoms with van der Waals surface area (Å²) in [4.78, 5) is 18.6. The van der Waals surface area contributed by atoms with E-state index in [-0.39, 0.29) is 28.4 Å². The molecule has 0 radical (unpaired) electrons. The van der Waals surface area contributed by atoms with Crippen molar-refractivity contribution in [1.82, 2.24) is 5.32 Å². The molecule has 74 heavy (non-hydrogen) atoms. The highest BCUT2D eigenvalue weighted by molar-refractivity contribution is 7.85. The van der Waals surface area contributed by atoms with E-state index in [1.54, 1.807) is 18.2 Å². The number of nitrogens with zero attached hydrogens (tertiary/aromatic N) is 4. The van der Waals surface area contributed by atoms with Gasteiger partial charge in [-0.05, 0) is 124 Å². The predicted molar refractivity (Wildman–Crippen MR) is 291 cm³/mol. The van der Waals surface area contributed by atoms with Crippen molar-refractivity contribution in [1.29, 1.82) is 0 Å². The summed E-state index contributed by atoms with van der Waals surface area (Å²) in [5.41, 5.74) is 15.5. The fraction of sp³-hybridized carbons (Fsp3) is 0.373. The molecule has 1 amide bonds. The van der Waals surface area contributed by atoms with Crippen LogP contribution in [0.3, 0.4) is 0 Å². The molecule has 0 aliphatic carbocycles. The standard InChI is InChI=1S/C59H63N5O8S2/c1-11-62-46-24-20-38(74(68,69)70)32-44(46)57(4,5)52(62)16-14-12-13-15-51-56(2,3)41-29-35(17-21-45(41)61(51)10)34-60-55(65)36-18-22-47-42(30-36)58(6,7)53-39-33-40-50(71-49(39)25-27-63(47)53)26-28-64-48-23-19-37(72-73(66)67)31-43(48)59(8,9)54(40)64/h12-24,29-33,49-50H,11,25-28,34H2,1-10H3,(H-2,60,65,66,67,68,69,70)/p+2. The van der Waals surface area contributed by atoms with Gasteiger partial charge in [-0.2, -0.15) is 21.8 Å². The maximum Gasteiger partial charge on any atom is 0.357 e. The molecule has 15 heteroatoms. The van der Waals surface area contributed by atoms with Crippen molar-refractivity contribution in [3.05, 3.63) is 165 Å². The molecular formula is C59H65N5O8S2+2. The summed E-state index contributed by atoms with van der Waals surface area (Å²) in [5.74, 6) is 0.236. The second-order valence-electron chi connectivity index (χ2n) is 22.6. The Labute approximate surface area is 437 Å². The predicted octanol–water partition coefficient (Wildman–Crippen LogP) is 10.1. The van der Waals surface area contributed by atoms with Crippen molar-refractivity contribution >= 4 is 61.6 Å². The molecule has 0 saturated heterocycles. The minimum atomic E-state index is -4.33. The molecular weight excluding hydrogens is 971 g/mol. The van der Waals surface area contributed by atoms with Crippen LogP contribution in [0, 0.1) is 0 Å². The van der Waals surface area contributed by atoms with E-state index in [9.17, 15) is 26.5 Å². The molecule has 7 aliphatic heterocycles. The average Bonchev–Trinajstić information content (AvgIpc) is 3.90. The van der Waals surface area contributed by atoms with Gasteiger partial charge in [0, 0.05) is 106 Å². The normalized spacial score (nSPS) is 23.4. The molecule has 4 aromatic carbocycles. The van der Waals surface area contributed by atoms with Crippen molar-refractivity contribution < 1.29 is 44.6 Å². The van der Waals surface area contributed by atoms with Gasteiger partial charge < -0.3 is 24.0 Å². The highest BCUT2D eigenvalue weighted by atomic mass is 32.2. The second-order valence-corrected chi connectivity index (χ2v) is 24.7. The van der Waals surface area contributed by atoms with Crippen LogP contribution in [0.1, 0.15) is 113 Å². The molecule has 0 saturated carbocycles. The summed E-state index contributed by atoms with van der Waals surface area (Å²) >= 11 is -2.41. The molecule has 4 aromatic rings. The van der Waals surface area contributed by atoms with E-state index in [0.717, 1.165) is 82.3 Å². The van der Waals surface area contributed by atoms with Crippen LogP contribution in [0.5, 0.6) is 5.75 Å². The van der Waals surface area contributed by atoms with Crippen molar-refractivity contribution in [2.75, 3.05) is 36.5 Å². The Bertz CT molecular complexity index is 3520. The van der Waals surface area contributed by atoms with Crippen LogP contribution in [-0.2, 0) is 54.4 Å². The fourth-order valence-corrected chi connectivity index (χ4v) is 14.1. The summed E-state index contributed by atoms with van der Waals surface area (Å²) in [6.45, 7) is 22.3. The molecule has 3 atom stereocenters. The van der Waals surface area contributed by atoms with Crippen LogP contribution in [0.4, 0.5) is 22.7 Å². The van der Waals surface area contributed by atoms with E-state index >= 15 is 0 Å². The van der Waals surface area contributed by atoms with Crippen molar-refractivity contribution in [3.63, 3.8) is 0 Å². The number of fused-ring (bicyclic) bond motifs is 10. The van der Waals surface area contributed by atoms with Crippen molar-refractivity contribution in [2.45, 2.75) is 120 Å².